The fourth-order valence-electron chi connectivity index (χ4n) is 2.33. The van der Waals surface area contributed by atoms with Gasteiger partial charge in [-0.25, -0.2) is 4.68 Å². The molecule has 6 heteroatoms. The monoisotopic (exact) mass is 290 g/mol. The number of rotatable bonds is 4. The number of aromatic nitrogens is 3. The molecule has 0 aliphatic carbocycles. The SMILES string of the molecule is COc1ccc(-n2nnc(CN)c2C(C)(C)C)c(OC)c1. The summed E-state index contributed by atoms with van der Waals surface area (Å²) in [5.74, 6) is 1.40. The standard InChI is InChI=1S/C15H22N4O2/c1-15(2,3)14-11(9-16)17-18-19(14)12-7-6-10(20-4)8-13(12)21-5/h6-8H,9,16H2,1-5H3. The van der Waals surface area contributed by atoms with Crippen LogP contribution in [-0.2, 0) is 12.0 Å². The Bertz CT molecular complexity index is 629. The topological polar surface area (TPSA) is 75.2 Å². The van der Waals surface area contributed by atoms with Gasteiger partial charge in [0.25, 0.3) is 0 Å². The van der Waals surface area contributed by atoms with Crippen LogP contribution in [0, 0.1) is 0 Å². The van der Waals surface area contributed by atoms with Crippen molar-refractivity contribution in [2.24, 2.45) is 5.73 Å². The summed E-state index contributed by atoms with van der Waals surface area (Å²) in [7, 11) is 3.24. The number of nitrogens with zero attached hydrogens (tertiary/aromatic N) is 3. The van der Waals surface area contributed by atoms with Crippen molar-refractivity contribution in [1.29, 1.82) is 0 Å². The Balaban J connectivity index is 2.65. The molecule has 0 aliphatic rings. The van der Waals surface area contributed by atoms with Crippen molar-refractivity contribution in [3.05, 3.63) is 29.6 Å². The van der Waals surface area contributed by atoms with Gasteiger partial charge in [-0.2, -0.15) is 0 Å². The molecular weight excluding hydrogens is 268 g/mol. The largest absolute Gasteiger partial charge is 0.497 e. The van der Waals surface area contributed by atoms with Gasteiger partial charge in [0.15, 0.2) is 0 Å². The molecule has 1 heterocycles. The number of nitrogens with two attached hydrogens (primary N) is 1. The predicted molar refractivity (Wildman–Crippen MR) is 81.1 cm³/mol. The molecule has 0 unspecified atom stereocenters. The lowest BCUT2D eigenvalue weighted by atomic mass is 9.90. The molecule has 0 amide bonds. The van der Waals surface area contributed by atoms with Gasteiger partial charge in [0.1, 0.15) is 22.9 Å². The first-order chi connectivity index (χ1) is 9.92. The summed E-state index contributed by atoms with van der Waals surface area (Å²) >= 11 is 0. The minimum absolute atomic E-state index is 0.136. The van der Waals surface area contributed by atoms with Crippen LogP contribution >= 0.6 is 0 Å². The minimum atomic E-state index is -0.136. The van der Waals surface area contributed by atoms with Gasteiger partial charge < -0.3 is 15.2 Å². The fourth-order valence-corrected chi connectivity index (χ4v) is 2.33. The highest BCUT2D eigenvalue weighted by molar-refractivity contribution is 5.51. The molecule has 0 saturated heterocycles. The second-order valence-electron chi connectivity index (χ2n) is 5.79. The molecule has 0 radical (unpaired) electrons. The zero-order valence-corrected chi connectivity index (χ0v) is 13.2. The molecule has 0 aliphatic heterocycles. The van der Waals surface area contributed by atoms with E-state index in [-0.39, 0.29) is 5.41 Å². The van der Waals surface area contributed by atoms with Crippen LogP contribution in [0.25, 0.3) is 5.69 Å². The predicted octanol–water partition coefficient (Wildman–Crippen LogP) is 2.04. The molecule has 0 saturated carbocycles. The second kappa shape index (κ2) is 5.73. The summed E-state index contributed by atoms with van der Waals surface area (Å²) in [4.78, 5) is 0. The van der Waals surface area contributed by atoms with Crippen LogP contribution in [0.15, 0.2) is 18.2 Å². The van der Waals surface area contributed by atoms with Crippen LogP contribution in [0.5, 0.6) is 11.5 Å². The van der Waals surface area contributed by atoms with E-state index >= 15 is 0 Å². The van der Waals surface area contributed by atoms with Crippen LogP contribution in [0.1, 0.15) is 32.2 Å². The van der Waals surface area contributed by atoms with Crippen molar-refractivity contribution in [1.82, 2.24) is 15.0 Å². The van der Waals surface area contributed by atoms with E-state index in [4.69, 9.17) is 15.2 Å². The molecule has 114 valence electrons. The molecule has 1 aromatic carbocycles. The number of benzene rings is 1. The molecule has 21 heavy (non-hydrogen) atoms. The summed E-state index contributed by atoms with van der Waals surface area (Å²) < 4.78 is 12.5. The maximum atomic E-state index is 5.79. The summed E-state index contributed by atoms with van der Waals surface area (Å²) in [5.41, 5.74) is 8.24. The van der Waals surface area contributed by atoms with Gasteiger partial charge in [-0.05, 0) is 12.1 Å². The lowest BCUT2D eigenvalue weighted by molar-refractivity contribution is 0.391. The van der Waals surface area contributed by atoms with E-state index in [2.05, 4.69) is 31.1 Å². The Hall–Kier alpha value is -2.08. The average Bonchev–Trinajstić information content (AvgIpc) is 2.90. The van der Waals surface area contributed by atoms with E-state index < -0.39 is 0 Å². The van der Waals surface area contributed by atoms with Crippen molar-refractivity contribution < 1.29 is 9.47 Å². The number of hydrogen-bond acceptors (Lipinski definition) is 5. The molecule has 0 spiro atoms. The van der Waals surface area contributed by atoms with Crippen molar-refractivity contribution in [3.8, 4) is 17.2 Å². The van der Waals surface area contributed by atoms with E-state index in [9.17, 15) is 0 Å². The van der Waals surface area contributed by atoms with Crippen LogP contribution in [0.4, 0.5) is 0 Å². The number of hydrogen-bond donors (Lipinski definition) is 1. The van der Waals surface area contributed by atoms with Crippen molar-refractivity contribution in [2.45, 2.75) is 32.7 Å². The van der Waals surface area contributed by atoms with E-state index in [1.54, 1.807) is 18.9 Å². The summed E-state index contributed by atoms with van der Waals surface area (Å²) in [5, 5.41) is 8.45. The zero-order chi connectivity index (χ0) is 15.6. The molecule has 6 nitrogen and oxygen atoms in total. The molecule has 0 fully saturated rings. The Morgan fingerprint density at radius 2 is 1.90 bits per heavy atom. The van der Waals surface area contributed by atoms with Crippen LogP contribution in [-0.4, -0.2) is 29.2 Å². The minimum Gasteiger partial charge on any atom is -0.497 e. The smallest absolute Gasteiger partial charge is 0.148 e. The molecule has 2 rings (SSSR count). The third-order valence-electron chi connectivity index (χ3n) is 3.26. The Morgan fingerprint density at radius 1 is 1.19 bits per heavy atom. The van der Waals surface area contributed by atoms with Gasteiger partial charge in [-0.1, -0.05) is 26.0 Å². The highest BCUT2D eigenvalue weighted by atomic mass is 16.5. The first-order valence-corrected chi connectivity index (χ1v) is 6.80. The maximum Gasteiger partial charge on any atom is 0.148 e. The fraction of sp³-hybridized carbons (Fsp3) is 0.467. The number of ether oxygens (including phenoxy) is 2. The van der Waals surface area contributed by atoms with Crippen molar-refractivity contribution in [2.75, 3.05) is 14.2 Å². The van der Waals surface area contributed by atoms with Gasteiger partial charge in [-0.15, -0.1) is 5.10 Å². The van der Waals surface area contributed by atoms with Crippen molar-refractivity contribution >= 4 is 0 Å². The lowest BCUT2D eigenvalue weighted by Gasteiger charge is -2.22. The Labute approximate surface area is 124 Å². The summed E-state index contributed by atoms with van der Waals surface area (Å²) in [6.45, 7) is 6.68. The van der Waals surface area contributed by atoms with Crippen LogP contribution in [0.3, 0.4) is 0 Å². The maximum absolute atomic E-state index is 5.79. The molecule has 2 aromatic rings. The molecule has 1 aromatic heterocycles. The van der Waals surface area contributed by atoms with Crippen LogP contribution < -0.4 is 15.2 Å². The summed E-state index contributed by atoms with van der Waals surface area (Å²) in [6, 6.07) is 5.60. The van der Waals surface area contributed by atoms with E-state index in [0.29, 0.717) is 12.3 Å². The normalized spacial score (nSPS) is 11.5. The van der Waals surface area contributed by atoms with Gasteiger partial charge >= 0.3 is 0 Å². The first kappa shape index (κ1) is 15.3. The lowest BCUT2D eigenvalue weighted by Crippen LogP contribution is -2.20. The third-order valence-corrected chi connectivity index (χ3v) is 3.26. The highest BCUT2D eigenvalue weighted by Gasteiger charge is 2.26. The van der Waals surface area contributed by atoms with E-state index in [1.807, 2.05) is 18.2 Å². The quantitative estimate of drug-likeness (QED) is 0.932. The van der Waals surface area contributed by atoms with Crippen molar-refractivity contribution in [3.63, 3.8) is 0 Å². The van der Waals surface area contributed by atoms with Gasteiger partial charge in [0, 0.05) is 18.0 Å². The van der Waals surface area contributed by atoms with Gasteiger partial charge in [0.2, 0.25) is 0 Å². The Kier molecular flexibility index (Phi) is 4.18. The molecule has 0 bridgehead atoms. The number of methoxy groups -OCH3 is 2. The van der Waals surface area contributed by atoms with Crippen LogP contribution in [0.2, 0.25) is 0 Å². The molecular formula is C15H22N4O2. The highest BCUT2D eigenvalue weighted by Crippen LogP contribution is 2.32. The summed E-state index contributed by atoms with van der Waals surface area (Å²) in [6.07, 6.45) is 0. The third kappa shape index (κ3) is 2.85. The van der Waals surface area contributed by atoms with E-state index in [1.165, 1.54) is 0 Å². The second-order valence-corrected chi connectivity index (χ2v) is 5.79. The molecule has 2 N–H and O–H groups in total. The zero-order valence-electron chi connectivity index (χ0n) is 13.2. The van der Waals surface area contributed by atoms with Gasteiger partial charge in [-0.3, -0.25) is 0 Å². The molecule has 0 atom stereocenters. The Morgan fingerprint density at radius 3 is 2.43 bits per heavy atom. The van der Waals surface area contributed by atoms with Gasteiger partial charge in [0.05, 0.1) is 19.9 Å². The first-order valence-electron chi connectivity index (χ1n) is 6.80. The van der Waals surface area contributed by atoms with E-state index in [0.717, 1.165) is 22.8 Å². The average molecular weight is 290 g/mol.